The third-order valence-electron chi connectivity index (χ3n) is 7.94. The van der Waals surface area contributed by atoms with Gasteiger partial charge in [0.15, 0.2) is 12.2 Å². The van der Waals surface area contributed by atoms with Gasteiger partial charge in [-0.15, -0.1) is 0 Å². The molecule has 21 heteroatoms. The van der Waals surface area contributed by atoms with Crippen molar-refractivity contribution in [2.24, 2.45) is 21.5 Å². The van der Waals surface area contributed by atoms with Crippen molar-refractivity contribution >= 4 is 40.4 Å². The van der Waals surface area contributed by atoms with Crippen LogP contribution in [0.1, 0.15) is 49.1 Å². The number of aromatic nitrogens is 5. The Kier molecular flexibility index (Phi) is 9.85. The highest BCUT2D eigenvalue weighted by Gasteiger charge is 2.51. The number of ether oxygens (including phenoxy) is 2. The normalized spacial score (nSPS) is 23.7. The zero-order chi connectivity index (χ0) is 37.5. The average molecular weight is 747 g/mol. The topological polar surface area (TPSA) is 186 Å². The van der Waals surface area contributed by atoms with E-state index in [-0.39, 0.29) is 23.2 Å². The monoisotopic (exact) mass is 746 g/mol. The summed E-state index contributed by atoms with van der Waals surface area (Å²) in [5, 5.41) is 0.407. The minimum absolute atomic E-state index is 0.117. The van der Waals surface area contributed by atoms with Crippen LogP contribution in [0.2, 0.25) is 5.02 Å². The van der Waals surface area contributed by atoms with Crippen molar-refractivity contribution in [3.05, 3.63) is 82.4 Å². The minimum atomic E-state index is -4.68. The standard InChI is InChI=1S/C19H15ClF4N6O.C11H12F4N4O/c1-18(5-14(19(22,23)24)31-17(25)30-18)11-2-9(6-27-16(11)21)3-12-15-13(29-8-28-12)4-10(20)7-26-15;1-10(6-2-5(16)4-18-8(6)12)3-7(11(13,14)15)20-9(17)19-10/h2,4,6-8,14H,3,5H2,1H3,(H2,25,30);2,4,7H,3,16H2,1H3,(H2,17,19)/t14-,18-;7-,10-/m00/s1. The lowest BCUT2D eigenvalue weighted by Gasteiger charge is -2.35. The molecular weight excluding hydrogens is 720 g/mol. The van der Waals surface area contributed by atoms with Gasteiger partial charge in [-0.05, 0) is 37.6 Å². The third-order valence-corrected chi connectivity index (χ3v) is 8.15. The molecule has 2 aliphatic rings. The van der Waals surface area contributed by atoms with Crippen LogP contribution in [0.3, 0.4) is 0 Å². The molecule has 0 bridgehead atoms. The highest BCUT2D eigenvalue weighted by Crippen LogP contribution is 2.42. The predicted octanol–water partition coefficient (Wildman–Crippen LogP) is 5.37. The first-order valence-electron chi connectivity index (χ1n) is 14.7. The molecule has 0 saturated carbocycles. The van der Waals surface area contributed by atoms with E-state index >= 15 is 0 Å². The molecule has 4 aromatic heterocycles. The largest absolute Gasteiger partial charge is 0.452 e. The van der Waals surface area contributed by atoms with Crippen LogP contribution >= 0.6 is 11.6 Å². The smallest absolute Gasteiger partial charge is 0.425 e. The fraction of sp³-hybridized carbons (Fsp3) is 0.367. The van der Waals surface area contributed by atoms with Crippen molar-refractivity contribution in [2.45, 2.75) is 68.7 Å². The lowest BCUT2D eigenvalue weighted by atomic mass is 9.85. The molecule has 6 heterocycles. The van der Waals surface area contributed by atoms with E-state index in [1.165, 1.54) is 44.7 Å². The van der Waals surface area contributed by atoms with E-state index in [2.05, 4.69) is 44.4 Å². The van der Waals surface area contributed by atoms with Gasteiger partial charge in [0.05, 0.1) is 39.2 Å². The number of nitrogens with two attached hydrogens (primary N) is 3. The summed E-state index contributed by atoms with van der Waals surface area (Å²) in [5.41, 5.74) is 14.9. The Morgan fingerprint density at radius 2 is 1.27 bits per heavy atom. The summed E-state index contributed by atoms with van der Waals surface area (Å²) in [5.74, 6) is -1.89. The van der Waals surface area contributed by atoms with Crippen molar-refractivity contribution in [2.75, 3.05) is 5.73 Å². The summed E-state index contributed by atoms with van der Waals surface area (Å²) < 4.78 is 116. The van der Waals surface area contributed by atoms with Gasteiger partial charge in [0, 0.05) is 42.8 Å². The number of nitrogens with zero attached hydrogens (tertiary/aromatic N) is 7. The van der Waals surface area contributed by atoms with E-state index in [0.29, 0.717) is 27.3 Å². The maximum atomic E-state index is 14.6. The third kappa shape index (κ3) is 8.26. The number of rotatable bonds is 4. The number of hydrogen-bond acceptors (Lipinski definition) is 12. The quantitative estimate of drug-likeness (QED) is 0.181. The second kappa shape index (κ2) is 13.5. The zero-order valence-electron chi connectivity index (χ0n) is 26.4. The number of alkyl halides is 6. The van der Waals surface area contributed by atoms with Crippen molar-refractivity contribution in [1.29, 1.82) is 0 Å². The van der Waals surface area contributed by atoms with E-state index in [9.17, 15) is 35.1 Å². The number of pyridine rings is 3. The molecule has 0 aliphatic carbocycles. The Hall–Kier alpha value is -5.14. The molecule has 6 rings (SSSR count). The summed E-state index contributed by atoms with van der Waals surface area (Å²) in [6.07, 6.45) is -9.63. The molecule has 0 spiro atoms. The Morgan fingerprint density at radius 3 is 1.82 bits per heavy atom. The molecule has 0 radical (unpaired) electrons. The molecule has 4 atom stereocenters. The maximum absolute atomic E-state index is 14.6. The first kappa shape index (κ1) is 37.1. The zero-order valence-corrected chi connectivity index (χ0v) is 27.2. The molecule has 4 aromatic rings. The Labute approximate surface area is 288 Å². The van der Waals surface area contributed by atoms with Gasteiger partial charge in [0.1, 0.15) is 11.8 Å². The summed E-state index contributed by atoms with van der Waals surface area (Å²) in [6.45, 7) is 2.68. The van der Waals surface area contributed by atoms with Crippen LogP contribution in [0.5, 0.6) is 0 Å². The SMILES string of the molecule is C[C@@]1(c2cc(Cc3ncnc4cc(Cl)cnc34)cnc2F)C[C@@H](C(F)(F)F)OC(N)=N1.C[C@@]1(c2cc(N)cnc2F)C[C@@H](C(F)(F)F)OC(N)=N1. The van der Waals surface area contributed by atoms with Crippen LogP contribution in [-0.4, -0.2) is 61.5 Å². The van der Waals surface area contributed by atoms with Gasteiger partial charge in [-0.3, -0.25) is 4.98 Å². The fourth-order valence-electron chi connectivity index (χ4n) is 5.53. The van der Waals surface area contributed by atoms with E-state index in [1.54, 1.807) is 6.07 Å². The van der Waals surface area contributed by atoms with Crippen molar-refractivity contribution in [3.63, 3.8) is 0 Å². The van der Waals surface area contributed by atoms with Gasteiger partial charge >= 0.3 is 12.4 Å². The van der Waals surface area contributed by atoms with Crippen LogP contribution in [0.4, 0.5) is 40.8 Å². The minimum Gasteiger partial charge on any atom is -0.452 e. The lowest BCUT2D eigenvalue weighted by molar-refractivity contribution is -0.208. The van der Waals surface area contributed by atoms with Gasteiger partial charge in [0.2, 0.25) is 11.9 Å². The molecule has 0 aromatic carbocycles. The van der Waals surface area contributed by atoms with E-state index in [0.717, 1.165) is 6.20 Å². The van der Waals surface area contributed by atoms with Crippen LogP contribution in [0.15, 0.2) is 53.1 Å². The van der Waals surface area contributed by atoms with Crippen LogP contribution in [0, 0.1) is 11.9 Å². The van der Waals surface area contributed by atoms with Gasteiger partial charge in [-0.1, -0.05) is 11.6 Å². The van der Waals surface area contributed by atoms with Crippen molar-refractivity contribution < 1.29 is 44.6 Å². The first-order valence-corrected chi connectivity index (χ1v) is 15.0. The molecule has 0 fully saturated rings. The number of anilines is 1. The fourth-order valence-corrected chi connectivity index (χ4v) is 5.69. The molecule has 0 saturated heterocycles. The average Bonchev–Trinajstić information content (AvgIpc) is 3.01. The number of amidine groups is 2. The van der Waals surface area contributed by atoms with E-state index < -0.39 is 72.4 Å². The first-order chi connectivity index (χ1) is 23.7. The van der Waals surface area contributed by atoms with Crippen molar-refractivity contribution in [3.8, 4) is 0 Å². The molecule has 0 unspecified atom stereocenters. The van der Waals surface area contributed by atoms with Crippen LogP contribution in [-0.2, 0) is 27.0 Å². The summed E-state index contributed by atoms with van der Waals surface area (Å²) in [4.78, 5) is 27.4. The molecule has 272 valence electrons. The Bertz CT molecular complexity index is 2010. The van der Waals surface area contributed by atoms with E-state index in [1.807, 2.05) is 0 Å². The van der Waals surface area contributed by atoms with Gasteiger partial charge in [-0.25, -0.2) is 29.9 Å². The highest BCUT2D eigenvalue weighted by atomic mass is 35.5. The summed E-state index contributed by atoms with van der Waals surface area (Å²) in [7, 11) is 0. The number of halogens is 9. The molecule has 51 heavy (non-hydrogen) atoms. The highest BCUT2D eigenvalue weighted by molar-refractivity contribution is 6.31. The second-order valence-electron chi connectivity index (χ2n) is 12.0. The molecule has 0 amide bonds. The molecule has 6 N–H and O–H groups in total. The molecule has 12 nitrogen and oxygen atoms in total. The predicted molar refractivity (Wildman–Crippen MR) is 167 cm³/mol. The summed E-state index contributed by atoms with van der Waals surface area (Å²) in [6, 6.07) is 2.91. The number of aliphatic imine (C=N–C) groups is 2. The second-order valence-corrected chi connectivity index (χ2v) is 12.4. The van der Waals surface area contributed by atoms with Gasteiger partial charge in [0.25, 0.3) is 12.0 Å². The number of fused-ring (bicyclic) bond motifs is 1. The number of nitrogen functional groups attached to an aromatic ring is 1. The molecular formula is C30H27ClF8N10O2. The maximum Gasteiger partial charge on any atom is 0.425 e. The van der Waals surface area contributed by atoms with Crippen LogP contribution < -0.4 is 17.2 Å². The van der Waals surface area contributed by atoms with E-state index in [4.69, 9.17) is 28.8 Å². The van der Waals surface area contributed by atoms with Crippen LogP contribution in [0.25, 0.3) is 11.0 Å². The Balaban J connectivity index is 0.000000218. The Morgan fingerprint density at radius 1 is 0.745 bits per heavy atom. The van der Waals surface area contributed by atoms with Crippen molar-refractivity contribution in [1.82, 2.24) is 24.9 Å². The lowest BCUT2D eigenvalue weighted by Crippen LogP contribution is -2.46. The number of hydrogen-bond donors (Lipinski definition) is 3. The summed E-state index contributed by atoms with van der Waals surface area (Å²) >= 11 is 5.94. The van der Waals surface area contributed by atoms with Gasteiger partial charge in [-0.2, -0.15) is 35.1 Å². The molecule has 2 aliphatic heterocycles. The van der Waals surface area contributed by atoms with Gasteiger partial charge < -0.3 is 26.7 Å².